The zero-order valence-corrected chi connectivity index (χ0v) is 8.89. The van der Waals surface area contributed by atoms with Gasteiger partial charge >= 0.3 is 0 Å². The molecule has 1 aliphatic heterocycles. The molecule has 1 heterocycles. The van der Waals surface area contributed by atoms with Crippen LogP contribution in [0.15, 0.2) is 0 Å². The van der Waals surface area contributed by atoms with Crippen LogP contribution < -0.4 is 0 Å². The van der Waals surface area contributed by atoms with Crippen molar-refractivity contribution >= 4 is 11.8 Å². The summed E-state index contributed by atoms with van der Waals surface area (Å²) in [5, 5.41) is 9.85. The Hall–Kier alpha value is 0.200. The lowest BCUT2D eigenvalue weighted by Gasteiger charge is -2.21. The number of alkyl halides is 1. The zero-order chi connectivity index (χ0) is 9.68. The van der Waals surface area contributed by atoms with Crippen molar-refractivity contribution < 1.29 is 9.50 Å². The Morgan fingerprint density at radius 2 is 2.38 bits per heavy atom. The van der Waals surface area contributed by atoms with Gasteiger partial charge in [-0.3, -0.25) is 4.90 Å². The maximum absolute atomic E-state index is 12.0. The number of halogens is 1. The van der Waals surface area contributed by atoms with Crippen LogP contribution in [-0.4, -0.2) is 53.4 Å². The molecule has 1 fully saturated rings. The Bertz CT molecular complexity index is 148. The molecule has 0 spiro atoms. The van der Waals surface area contributed by atoms with Crippen molar-refractivity contribution in [2.75, 3.05) is 32.1 Å². The van der Waals surface area contributed by atoms with Crippen molar-refractivity contribution in [3.63, 3.8) is 0 Å². The first kappa shape index (κ1) is 11.3. The SMILES string of the molecule is CC1CCN(CC(O)CF)CCS1. The molecule has 0 aromatic carbocycles. The molecule has 1 saturated heterocycles. The highest BCUT2D eigenvalue weighted by atomic mass is 32.2. The number of hydrogen-bond donors (Lipinski definition) is 1. The van der Waals surface area contributed by atoms with E-state index in [-0.39, 0.29) is 0 Å². The van der Waals surface area contributed by atoms with E-state index in [1.165, 1.54) is 0 Å². The minimum absolute atomic E-state index is 0.490. The number of thioether (sulfide) groups is 1. The van der Waals surface area contributed by atoms with Crippen molar-refractivity contribution in [3.05, 3.63) is 0 Å². The van der Waals surface area contributed by atoms with Gasteiger partial charge in [0.25, 0.3) is 0 Å². The molecule has 2 unspecified atom stereocenters. The second-order valence-corrected chi connectivity index (χ2v) is 5.13. The van der Waals surface area contributed by atoms with Gasteiger partial charge in [0.1, 0.15) is 6.67 Å². The molecule has 78 valence electrons. The molecule has 0 bridgehead atoms. The molecule has 0 aromatic rings. The summed E-state index contributed by atoms with van der Waals surface area (Å²) in [6.45, 7) is 4.06. The third-order valence-electron chi connectivity index (χ3n) is 2.31. The van der Waals surface area contributed by atoms with E-state index >= 15 is 0 Å². The monoisotopic (exact) mass is 207 g/mol. The fourth-order valence-electron chi connectivity index (χ4n) is 1.47. The first-order valence-electron chi connectivity index (χ1n) is 4.80. The summed E-state index contributed by atoms with van der Waals surface area (Å²) in [5.74, 6) is 1.10. The summed E-state index contributed by atoms with van der Waals surface area (Å²) < 4.78 is 12.0. The van der Waals surface area contributed by atoms with Gasteiger partial charge in [0.2, 0.25) is 0 Å². The van der Waals surface area contributed by atoms with Crippen LogP contribution >= 0.6 is 11.8 Å². The molecule has 4 heteroatoms. The van der Waals surface area contributed by atoms with Crippen LogP contribution in [0.2, 0.25) is 0 Å². The number of aliphatic hydroxyl groups excluding tert-OH is 1. The molecular formula is C9H18FNOS. The molecule has 2 atom stereocenters. The van der Waals surface area contributed by atoms with Gasteiger partial charge in [0.05, 0.1) is 6.10 Å². The van der Waals surface area contributed by atoms with Crippen molar-refractivity contribution in [2.24, 2.45) is 0 Å². The quantitative estimate of drug-likeness (QED) is 0.751. The molecule has 1 N–H and O–H groups in total. The van der Waals surface area contributed by atoms with Gasteiger partial charge in [0.15, 0.2) is 0 Å². The topological polar surface area (TPSA) is 23.5 Å². The first-order chi connectivity index (χ1) is 6.22. The summed E-state index contributed by atoms with van der Waals surface area (Å²) in [4.78, 5) is 2.15. The van der Waals surface area contributed by atoms with Crippen LogP contribution in [0.1, 0.15) is 13.3 Å². The normalized spacial score (nSPS) is 28.4. The smallest absolute Gasteiger partial charge is 0.117 e. The predicted molar refractivity (Wildman–Crippen MR) is 55.0 cm³/mol. The Morgan fingerprint density at radius 1 is 1.62 bits per heavy atom. The Labute approximate surface area is 83.5 Å². The predicted octanol–water partition coefficient (Wildman–Crippen LogP) is 1.14. The van der Waals surface area contributed by atoms with Gasteiger partial charge in [-0.15, -0.1) is 0 Å². The number of rotatable bonds is 3. The van der Waals surface area contributed by atoms with Crippen molar-refractivity contribution in [1.29, 1.82) is 0 Å². The van der Waals surface area contributed by atoms with Crippen LogP contribution in [0.4, 0.5) is 4.39 Å². The van der Waals surface area contributed by atoms with E-state index in [2.05, 4.69) is 11.8 Å². The van der Waals surface area contributed by atoms with E-state index in [0.717, 1.165) is 25.3 Å². The molecule has 2 nitrogen and oxygen atoms in total. The maximum Gasteiger partial charge on any atom is 0.117 e. The van der Waals surface area contributed by atoms with Crippen molar-refractivity contribution in [2.45, 2.75) is 24.7 Å². The highest BCUT2D eigenvalue weighted by molar-refractivity contribution is 7.99. The maximum atomic E-state index is 12.0. The zero-order valence-electron chi connectivity index (χ0n) is 8.08. The molecule has 13 heavy (non-hydrogen) atoms. The minimum atomic E-state index is -0.793. The molecule has 1 aliphatic rings. The molecule has 1 rings (SSSR count). The minimum Gasteiger partial charge on any atom is -0.389 e. The molecule has 0 aromatic heterocycles. The van der Waals surface area contributed by atoms with E-state index in [1.807, 2.05) is 11.8 Å². The highest BCUT2D eigenvalue weighted by Gasteiger charge is 2.16. The number of β-amino-alcohol motifs (C(OH)–C–C–N with tert-alkyl or cyclic N) is 1. The Balaban J connectivity index is 2.25. The first-order valence-corrected chi connectivity index (χ1v) is 5.85. The molecular weight excluding hydrogens is 189 g/mol. The van der Waals surface area contributed by atoms with E-state index in [0.29, 0.717) is 11.8 Å². The average Bonchev–Trinajstić information content (AvgIpc) is 2.31. The van der Waals surface area contributed by atoms with Crippen LogP contribution in [0.3, 0.4) is 0 Å². The summed E-state index contributed by atoms with van der Waals surface area (Å²) in [5.41, 5.74) is 0. The third kappa shape index (κ3) is 4.29. The van der Waals surface area contributed by atoms with Gasteiger partial charge in [-0.2, -0.15) is 11.8 Å². The van der Waals surface area contributed by atoms with Crippen LogP contribution in [0.5, 0.6) is 0 Å². The Kier molecular flexibility index (Phi) is 5.06. The summed E-state index contributed by atoms with van der Waals surface area (Å²) in [6.07, 6.45) is 0.349. The average molecular weight is 207 g/mol. The molecule has 0 aliphatic carbocycles. The number of aliphatic hydroxyl groups is 1. The lowest BCUT2D eigenvalue weighted by molar-refractivity contribution is 0.0925. The van der Waals surface area contributed by atoms with Gasteiger partial charge in [0, 0.05) is 24.1 Å². The molecule has 0 radical (unpaired) electrons. The highest BCUT2D eigenvalue weighted by Crippen LogP contribution is 2.18. The van der Waals surface area contributed by atoms with Gasteiger partial charge in [-0.1, -0.05) is 6.92 Å². The molecule has 0 amide bonds. The van der Waals surface area contributed by atoms with E-state index < -0.39 is 12.8 Å². The van der Waals surface area contributed by atoms with Gasteiger partial charge < -0.3 is 5.11 Å². The van der Waals surface area contributed by atoms with Crippen molar-refractivity contribution in [3.8, 4) is 0 Å². The van der Waals surface area contributed by atoms with Gasteiger partial charge in [-0.25, -0.2) is 4.39 Å². The Morgan fingerprint density at radius 3 is 3.08 bits per heavy atom. The third-order valence-corrected chi connectivity index (χ3v) is 3.53. The second-order valence-electron chi connectivity index (χ2n) is 3.58. The van der Waals surface area contributed by atoms with Crippen LogP contribution in [-0.2, 0) is 0 Å². The number of hydrogen-bond acceptors (Lipinski definition) is 3. The lowest BCUT2D eigenvalue weighted by atomic mass is 10.3. The lowest BCUT2D eigenvalue weighted by Crippen LogP contribution is -2.35. The fraction of sp³-hybridized carbons (Fsp3) is 1.00. The fourth-order valence-corrected chi connectivity index (χ4v) is 2.51. The van der Waals surface area contributed by atoms with E-state index in [9.17, 15) is 4.39 Å². The largest absolute Gasteiger partial charge is 0.389 e. The summed E-state index contributed by atoms with van der Waals surface area (Å²) in [7, 11) is 0. The van der Waals surface area contributed by atoms with Gasteiger partial charge in [-0.05, 0) is 13.0 Å². The van der Waals surface area contributed by atoms with Crippen molar-refractivity contribution in [1.82, 2.24) is 4.90 Å². The van der Waals surface area contributed by atoms with E-state index in [1.54, 1.807) is 0 Å². The standard InChI is InChI=1S/C9H18FNOS/c1-8-2-3-11(4-5-13-8)7-9(12)6-10/h8-9,12H,2-7H2,1H3. The number of nitrogens with zero attached hydrogens (tertiary/aromatic N) is 1. The van der Waals surface area contributed by atoms with Crippen LogP contribution in [0, 0.1) is 0 Å². The molecule has 0 saturated carbocycles. The summed E-state index contributed by atoms with van der Waals surface area (Å²) >= 11 is 1.96. The van der Waals surface area contributed by atoms with E-state index in [4.69, 9.17) is 5.11 Å². The summed E-state index contributed by atoms with van der Waals surface area (Å²) in [6, 6.07) is 0. The van der Waals surface area contributed by atoms with Crippen LogP contribution in [0.25, 0.3) is 0 Å². The second kappa shape index (κ2) is 5.83.